The van der Waals surface area contributed by atoms with Crippen LogP contribution in [0, 0.1) is 22.7 Å². The molecule has 0 unspecified atom stereocenters. The standard InChI is InChI=1S/C21H28O/c1-20-12-4-3-5-15(20)6-8-17-18-9-7-16(11-14-22)21(18,2)13-10-19(17)20/h5,10-11,14,17-18H,3-4,6-9,12-13H2,1-2H3/b16-11+/t17-,18-,20-,21+/m0/s1. The van der Waals surface area contributed by atoms with Crippen molar-refractivity contribution in [3.63, 3.8) is 0 Å². The molecule has 2 fully saturated rings. The summed E-state index contributed by atoms with van der Waals surface area (Å²) < 4.78 is 0. The Hall–Kier alpha value is -1.11. The van der Waals surface area contributed by atoms with Gasteiger partial charge in [-0.05, 0) is 74.7 Å². The highest BCUT2D eigenvalue weighted by Crippen LogP contribution is 2.64. The first-order chi connectivity index (χ1) is 10.6. The predicted molar refractivity (Wildman–Crippen MR) is 90.4 cm³/mol. The van der Waals surface area contributed by atoms with Crippen LogP contribution in [0.3, 0.4) is 0 Å². The lowest BCUT2D eigenvalue weighted by atomic mass is 9.52. The fourth-order valence-corrected chi connectivity index (χ4v) is 6.25. The molecule has 0 saturated heterocycles. The second kappa shape index (κ2) is 4.94. The van der Waals surface area contributed by atoms with E-state index >= 15 is 0 Å². The molecule has 0 heterocycles. The minimum atomic E-state index is 0.251. The Balaban J connectivity index is 1.76. The highest BCUT2D eigenvalue weighted by molar-refractivity contribution is 5.67. The van der Waals surface area contributed by atoms with Gasteiger partial charge in [-0.2, -0.15) is 0 Å². The molecule has 22 heavy (non-hydrogen) atoms. The van der Waals surface area contributed by atoms with Crippen molar-refractivity contribution in [2.75, 3.05) is 0 Å². The topological polar surface area (TPSA) is 17.1 Å². The number of carbonyl (C=O) groups is 1. The molecule has 0 aromatic carbocycles. The maximum Gasteiger partial charge on any atom is 0.142 e. The lowest BCUT2D eigenvalue weighted by Crippen LogP contribution is -2.42. The van der Waals surface area contributed by atoms with E-state index in [0.29, 0.717) is 5.41 Å². The van der Waals surface area contributed by atoms with Crippen LogP contribution < -0.4 is 0 Å². The largest absolute Gasteiger partial charge is 0.299 e. The molecule has 0 aliphatic heterocycles. The van der Waals surface area contributed by atoms with E-state index in [1.54, 1.807) is 11.1 Å². The Bertz CT molecular complexity index is 593. The fraction of sp³-hybridized carbons (Fsp3) is 0.667. The van der Waals surface area contributed by atoms with Gasteiger partial charge in [-0.1, -0.05) is 42.7 Å². The number of hydrogen-bond acceptors (Lipinski definition) is 1. The third-order valence-electron chi connectivity index (χ3n) is 7.52. The van der Waals surface area contributed by atoms with Crippen molar-refractivity contribution >= 4 is 6.29 Å². The number of fused-ring (bicyclic) bond motifs is 5. The molecule has 0 bridgehead atoms. The zero-order valence-corrected chi connectivity index (χ0v) is 14.0. The van der Waals surface area contributed by atoms with Crippen LogP contribution in [0.4, 0.5) is 0 Å². The molecule has 4 aliphatic carbocycles. The lowest BCUT2D eigenvalue weighted by molar-refractivity contribution is -0.104. The Morgan fingerprint density at radius 2 is 2.05 bits per heavy atom. The fourth-order valence-electron chi connectivity index (χ4n) is 6.25. The average Bonchev–Trinajstić information content (AvgIpc) is 2.84. The highest BCUT2D eigenvalue weighted by Gasteiger charge is 2.53. The summed E-state index contributed by atoms with van der Waals surface area (Å²) in [5.74, 6) is 1.52. The lowest BCUT2D eigenvalue weighted by Gasteiger charge is -2.53. The average molecular weight is 296 g/mol. The van der Waals surface area contributed by atoms with Gasteiger partial charge in [-0.3, -0.25) is 4.79 Å². The zero-order valence-electron chi connectivity index (χ0n) is 14.0. The van der Waals surface area contributed by atoms with Gasteiger partial charge < -0.3 is 0 Å². The molecular formula is C21H28O. The number of allylic oxidation sites excluding steroid dienone is 6. The summed E-state index contributed by atoms with van der Waals surface area (Å²) in [5, 5.41) is 0. The van der Waals surface area contributed by atoms with Crippen LogP contribution in [0.15, 0.2) is 34.9 Å². The van der Waals surface area contributed by atoms with Crippen molar-refractivity contribution in [1.29, 1.82) is 0 Å². The molecule has 0 aromatic rings. The molecule has 1 heteroatoms. The van der Waals surface area contributed by atoms with Crippen LogP contribution in [0.1, 0.15) is 65.2 Å². The molecule has 0 N–H and O–H groups in total. The number of aldehydes is 1. The molecule has 2 saturated carbocycles. The normalized spacial score (nSPS) is 45.5. The van der Waals surface area contributed by atoms with Gasteiger partial charge in [0.1, 0.15) is 6.29 Å². The summed E-state index contributed by atoms with van der Waals surface area (Å²) >= 11 is 0. The van der Waals surface area contributed by atoms with Crippen LogP contribution in [-0.4, -0.2) is 6.29 Å². The second-order valence-electron chi connectivity index (χ2n) is 8.35. The monoisotopic (exact) mass is 296 g/mol. The minimum absolute atomic E-state index is 0.251. The Kier molecular flexibility index (Phi) is 3.25. The first-order valence-corrected chi connectivity index (χ1v) is 9.14. The second-order valence-corrected chi connectivity index (χ2v) is 8.35. The first kappa shape index (κ1) is 14.5. The van der Waals surface area contributed by atoms with Crippen molar-refractivity contribution in [3.05, 3.63) is 34.9 Å². The van der Waals surface area contributed by atoms with E-state index < -0.39 is 0 Å². The maximum absolute atomic E-state index is 11.0. The summed E-state index contributed by atoms with van der Waals surface area (Å²) in [7, 11) is 0. The van der Waals surface area contributed by atoms with Gasteiger partial charge >= 0.3 is 0 Å². The van der Waals surface area contributed by atoms with Gasteiger partial charge in [-0.25, -0.2) is 0 Å². The number of carbonyl (C=O) groups excluding carboxylic acids is 1. The molecule has 0 amide bonds. The van der Waals surface area contributed by atoms with Crippen molar-refractivity contribution in [1.82, 2.24) is 0 Å². The van der Waals surface area contributed by atoms with E-state index in [1.807, 2.05) is 6.08 Å². The Morgan fingerprint density at radius 1 is 1.18 bits per heavy atom. The third kappa shape index (κ3) is 1.80. The van der Waals surface area contributed by atoms with E-state index in [9.17, 15) is 4.79 Å². The summed E-state index contributed by atoms with van der Waals surface area (Å²) in [5.41, 5.74) is 5.52. The predicted octanol–water partition coefficient (Wildman–Crippen LogP) is 5.38. The maximum atomic E-state index is 11.0. The first-order valence-electron chi connectivity index (χ1n) is 9.14. The van der Waals surface area contributed by atoms with Crippen LogP contribution in [0.5, 0.6) is 0 Å². The van der Waals surface area contributed by atoms with Gasteiger partial charge in [0.25, 0.3) is 0 Å². The third-order valence-corrected chi connectivity index (χ3v) is 7.52. The van der Waals surface area contributed by atoms with Crippen LogP contribution in [0.25, 0.3) is 0 Å². The van der Waals surface area contributed by atoms with Crippen molar-refractivity contribution in [2.24, 2.45) is 22.7 Å². The van der Waals surface area contributed by atoms with Crippen molar-refractivity contribution < 1.29 is 4.79 Å². The number of hydrogen-bond donors (Lipinski definition) is 0. The van der Waals surface area contributed by atoms with Crippen molar-refractivity contribution in [2.45, 2.75) is 65.2 Å². The molecule has 0 aromatic heterocycles. The van der Waals surface area contributed by atoms with E-state index in [-0.39, 0.29) is 5.41 Å². The van der Waals surface area contributed by atoms with Gasteiger partial charge in [0.15, 0.2) is 0 Å². The summed E-state index contributed by atoms with van der Waals surface area (Å²) in [4.78, 5) is 11.0. The van der Waals surface area contributed by atoms with Crippen LogP contribution in [-0.2, 0) is 4.79 Å². The molecule has 4 atom stereocenters. The smallest absolute Gasteiger partial charge is 0.142 e. The molecular weight excluding hydrogens is 268 g/mol. The molecule has 0 spiro atoms. The quantitative estimate of drug-likeness (QED) is 0.360. The van der Waals surface area contributed by atoms with Crippen molar-refractivity contribution in [3.8, 4) is 0 Å². The Labute approximate surface area is 134 Å². The molecule has 118 valence electrons. The Morgan fingerprint density at radius 3 is 2.86 bits per heavy atom. The summed E-state index contributed by atoms with van der Waals surface area (Å²) in [6, 6.07) is 0. The van der Waals surface area contributed by atoms with Gasteiger partial charge in [0.05, 0.1) is 0 Å². The zero-order chi connectivity index (χ0) is 15.4. The molecule has 1 nitrogen and oxygen atoms in total. The summed E-state index contributed by atoms with van der Waals surface area (Å²) in [6.45, 7) is 4.93. The molecule has 4 rings (SSSR count). The minimum Gasteiger partial charge on any atom is -0.299 e. The van der Waals surface area contributed by atoms with Gasteiger partial charge in [0.2, 0.25) is 0 Å². The summed E-state index contributed by atoms with van der Waals surface area (Å²) in [6.07, 6.45) is 18.2. The molecule has 0 radical (unpaired) electrons. The SMILES string of the molecule is C[C@]12CCCC=C1CC[C@@H]1C2=CC[C@]2(C)/C(=C/C=O)CC[C@@H]12. The van der Waals surface area contributed by atoms with Crippen LogP contribution >= 0.6 is 0 Å². The van der Waals surface area contributed by atoms with E-state index in [4.69, 9.17) is 0 Å². The molecule has 4 aliphatic rings. The van der Waals surface area contributed by atoms with Gasteiger partial charge in [-0.15, -0.1) is 0 Å². The number of rotatable bonds is 1. The highest BCUT2D eigenvalue weighted by atomic mass is 16.1. The van der Waals surface area contributed by atoms with Crippen LogP contribution in [0.2, 0.25) is 0 Å². The van der Waals surface area contributed by atoms with E-state index in [1.165, 1.54) is 44.1 Å². The van der Waals surface area contributed by atoms with Gasteiger partial charge in [0, 0.05) is 5.41 Å². The van der Waals surface area contributed by atoms with E-state index in [2.05, 4.69) is 26.0 Å². The van der Waals surface area contributed by atoms with E-state index in [0.717, 1.165) is 31.0 Å².